The highest BCUT2D eigenvalue weighted by molar-refractivity contribution is 6.31. The summed E-state index contributed by atoms with van der Waals surface area (Å²) in [6.07, 6.45) is -0.925. The highest BCUT2D eigenvalue weighted by atomic mass is 35.5. The Balaban J connectivity index is 1.67. The monoisotopic (exact) mass is 336 g/mol. The molecule has 6 nitrogen and oxygen atoms in total. The van der Waals surface area contributed by atoms with E-state index in [1.807, 2.05) is 25.2 Å². The number of hydrogen-bond donors (Lipinski definition) is 1. The lowest BCUT2D eigenvalue weighted by atomic mass is 10.2. The minimum atomic E-state index is -0.925. The van der Waals surface area contributed by atoms with E-state index in [1.165, 1.54) is 6.92 Å². The Hall–Kier alpha value is -1.63. The van der Waals surface area contributed by atoms with Gasteiger partial charge in [-0.1, -0.05) is 11.6 Å². The van der Waals surface area contributed by atoms with E-state index in [2.05, 4.69) is 14.5 Å². The van der Waals surface area contributed by atoms with Crippen LogP contribution in [0.2, 0.25) is 5.02 Å². The first-order valence-corrected chi connectivity index (χ1v) is 8.13. The summed E-state index contributed by atoms with van der Waals surface area (Å²) in [4.78, 5) is 20.5. The van der Waals surface area contributed by atoms with Gasteiger partial charge in [0.25, 0.3) is 5.91 Å². The van der Waals surface area contributed by atoms with Crippen LogP contribution in [-0.4, -0.2) is 62.6 Å². The number of halogens is 1. The fourth-order valence-corrected chi connectivity index (χ4v) is 3.12. The molecule has 1 aliphatic rings. The van der Waals surface area contributed by atoms with Crippen molar-refractivity contribution in [3.63, 3.8) is 0 Å². The first kappa shape index (κ1) is 16.2. The zero-order valence-electron chi connectivity index (χ0n) is 13.4. The molecule has 2 aromatic rings. The molecule has 1 unspecified atom stereocenters. The third-order valence-corrected chi connectivity index (χ3v) is 4.58. The number of amides is 1. The number of aliphatic hydroxyl groups excluding tert-OH is 1. The molecule has 1 aromatic heterocycles. The number of aromatic nitrogens is 2. The largest absolute Gasteiger partial charge is 0.384 e. The highest BCUT2D eigenvalue weighted by Crippen LogP contribution is 2.20. The van der Waals surface area contributed by atoms with Gasteiger partial charge in [0.15, 0.2) is 0 Å². The molecular weight excluding hydrogens is 316 g/mol. The predicted molar refractivity (Wildman–Crippen MR) is 89.3 cm³/mol. The Morgan fingerprint density at radius 1 is 1.35 bits per heavy atom. The SMILES string of the molecule is CC(O)C(=O)N1CCN(Cc2nc3cc(Cl)ccc3n2C)CC1. The maximum absolute atomic E-state index is 11.8. The van der Waals surface area contributed by atoms with Gasteiger partial charge in [-0.25, -0.2) is 4.98 Å². The van der Waals surface area contributed by atoms with E-state index < -0.39 is 6.10 Å². The van der Waals surface area contributed by atoms with Crippen LogP contribution in [-0.2, 0) is 18.4 Å². The van der Waals surface area contributed by atoms with Gasteiger partial charge < -0.3 is 14.6 Å². The van der Waals surface area contributed by atoms with Gasteiger partial charge in [0.05, 0.1) is 17.6 Å². The van der Waals surface area contributed by atoms with Crippen molar-refractivity contribution in [2.75, 3.05) is 26.2 Å². The molecule has 0 saturated carbocycles. The lowest BCUT2D eigenvalue weighted by Gasteiger charge is -2.35. The number of aryl methyl sites for hydroxylation is 1. The minimum Gasteiger partial charge on any atom is -0.384 e. The molecule has 1 atom stereocenters. The number of fused-ring (bicyclic) bond motifs is 1. The first-order valence-electron chi connectivity index (χ1n) is 7.76. The van der Waals surface area contributed by atoms with Crippen LogP contribution in [0.3, 0.4) is 0 Å². The summed E-state index contributed by atoms with van der Waals surface area (Å²) < 4.78 is 2.08. The zero-order valence-corrected chi connectivity index (χ0v) is 14.1. The molecule has 0 radical (unpaired) electrons. The molecule has 7 heteroatoms. The van der Waals surface area contributed by atoms with Crippen molar-refractivity contribution in [2.45, 2.75) is 19.6 Å². The quantitative estimate of drug-likeness (QED) is 0.916. The summed E-state index contributed by atoms with van der Waals surface area (Å²) in [5.41, 5.74) is 1.96. The van der Waals surface area contributed by atoms with Crippen LogP contribution in [0.25, 0.3) is 11.0 Å². The smallest absolute Gasteiger partial charge is 0.251 e. The summed E-state index contributed by atoms with van der Waals surface area (Å²) in [6.45, 7) is 5.09. The van der Waals surface area contributed by atoms with Gasteiger partial charge >= 0.3 is 0 Å². The summed E-state index contributed by atoms with van der Waals surface area (Å²) in [5, 5.41) is 10.1. The molecule has 1 aliphatic heterocycles. The van der Waals surface area contributed by atoms with Crippen LogP contribution in [0.5, 0.6) is 0 Å². The summed E-state index contributed by atoms with van der Waals surface area (Å²) in [7, 11) is 2.01. The highest BCUT2D eigenvalue weighted by Gasteiger charge is 2.24. The number of hydrogen-bond acceptors (Lipinski definition) is 4. The molecule has 3 rings (SSSR count). The van der Waals surface area contributed by atoms with Crippen molar-refractivity contribution in [3.8, 4) is 0 Å². The van der Waals surface area contributed by atoms with E-state index in [-0.39, 0.29) is 5.91 Å². The van der Waals surface area contributed by atoms with Gasteiger partial charge in [-0.3, -0.25) is 9.69 Å². The molecule has 1 aromatic carbocycles. The fraction of sp³-hybridized carbons (Fsp3) is 0.500. The first-order chi connectivity index (χ1) is 11.0. The van der Waals surface area contributed by atoms with Crippen molar-refractivity contribution in [1.82, 2.24) is 19.4 Å². The number of aliphatic hydroxyl groups is 1. The Kier molecular flexibility index (Phi) is 4.57. The van der Waals surface area contributed by atoms with Crippen molar-refractivity contribution in [3.05, 3.63) is 29.0 Å². The second-order valence-corrected chi connectivity index (χ2v) is 6.43. The standard InChI is InChI=1S/C16H21ClN4O2/c1-11(22)16(23)21-7-5-20(6-8-21)10-15-18-13-9-12(17)3-4-14(13)19(15)2/h3-4,9,11,22H,5-8,10H2,1-2H3. The number of imidazole rings is 1. The summed E-state index contributed by atoms with van der Waals surface area (Å²) in [5.74, 6) is 0.791. The third kappa shape index (κ3) is 3.34. The van der Waals surface area contributed by atoms with Gasteiger partial charge in [-0.05, 0) is 25.1 Å². The minimum absolute atomic E-state index is 0.193. The Morgan fingerprint density at radius 2 is 2.04 bits per heavy atom. The van der Waals surface area contributed by atoms with Gasteiger partial charge in [0.2, 0.25) is 0 Å². The molecule has 1 saturated heterocycles. The number of rotatable bonds is 3. The van der Waals surface area contributed by atoms with Crippen LogP contribution in [0.4, 0.5) is 0 Å². The molecule has 0 spiro atoms. The molecule has 1 fully saturated rings. The van der Waals surface area contributed by atoms with Crippen molar-refractivity contribution < 1.29 is 9.90 Å². The van der Waals surface area contributed by atoms with E-state index in [1.54, 1.807) is 4.90 Å². The van der Waals surface area contributed by atoms with Crippen LogP contribution in [0.15, 0.2) is 18.2 Å². The van der Waals surface area contributed by atoms with E-state index in [0.717, 1.165) is 36.5 Å². The molecule has 0 bridgehead atoms. The maximum Gasteiger partial charge on any atom is 0.251 e. The molecule has 0 aliphatic carbocycles. The van der Waals surface area contributed by atoms with Gasteiger partial charge in [0.1, 0.15) is 11.9 Å². The molecule has 1 N–H and O–H groups in total. The Bertz CT molecular complexity index is 720. The lowest BCUT2D eigenvalue weighted by molar-refractivity contribution is -0.141. The molecular formula is C16H21ClN4O2. The summed E-state index contributed by atoms with van der Waals surface area (Å²) in [6, 6.07) is 5.73. The van der Waals surface area contributed by atoms with Gasteiger partial charge in [-0.2, -0.15) is 0 Å². The van der Waals surface area contributed by atoms with Crippen LogP contribution >= 0.6 is 11.6 Å². The molecule has 2 heterocycles. The maximum atomic E-state index is 11.8. The van der Waals surface area contributed by atoms with Gasteiger partial charge in [0, 0.05) is 38.2 Å². The van der Waals surface area contributed by atoms with Crippen LogP contribution in [0, 0.1) is 0 Å². The number of carbonyl (C=O) groups excluding carboxylic acids is 1. The van der Waals surface area contributed by atoms with Crippen LogP contribution in [0.1, 0.15) is 12.7 Å². The number of nitrogens with zero attached hydrogens (tertiary/aromatic N) is 4. The van der Waals surface area contributed by atoms with E-state index in [9.17, 15) is 9.90 Å². The van der Waals surface area contributed by atoms with Crippen molar-refractivity contribution >= 4 is 28.5 Å². The van der Waals surface area contributed by atoms with E-state index in [0.29, 0.717) is 18.1 Å². The van der Waals surface area contributed by atoms with E-state index >= 15 is 0 Å². The lowest BCUT2D eigenvalue weighted by Crippen LogP contribution is -2.50. The normalized spacial score (nSPS) is 17.7. The number of carbonyl (C=O) groups is 1. The predicted octanol–water partition coefficient (Wildman–Crippen LogP) is 1.25. The average molecular weight is 337 g/mol. The zero-order chi connectivity index (χ0) is 16.6. The molecule has 124 valence electrons. The topological polar surface area (TPSA) is 61.6 Å². The number of benzene rings is 1. The second kappa shape index (κ2) is 6.47. The second-order valence-electron chi connectivity index (χ2n) is 6.00. The van der Waals surface area contributed by atoms with Crippen LogP contribution < -0.4 is 0 Å². The fourth-order valence-electron chi connectivity index (χ4n) is 2.95. The Labute approximate surface area is 140 Å². The third-order valence-electron chi connectivity index (χ3n) is 4.34. The molecule has 23 heavy (non-hydrogen) atoms. The van der Waals surface area contributed by atoms with E-state index in [4.69, 9.17) is 11.6 Å². The summed E-state index contributed by atoms with van der Waals surface area (Å²) >= 11 is 6.03. The molecule has 1 amide bonds. The van der Waals surface area contributed by atoms with Gasteiger partial charge in [-0.15, -0.1) is 0 Å². The average Bonchev–Trinajstić information content (AvgIpc) is 2.82. The van der Waals surface area contributed by atoms with Crippen molar-refractivity contribution in [1.29, 1.82) is 0 Å². The Morgan fingerprint density at radius 3 is 2.70 bits per heavy atom. The number of piperazine rings is 1. The van der Waals surface area contributed by atoms with Crippen molar-refractivity contribution in [2.24, 2.45) is 7.05 Å².